The number of nitrogens with one attached hydrogen (secondary N) is 2. The quantitative estimate of drug-likeness (QED) is 0.869. The van der Waals surface area contributed by atoms with E-state index in [0.717, 1.165) is 28.2 Å². The van der Waals surface area contributed by atoms with Gasteiger partial charge >= 0.3 is 0 Å². The van der Waals surface area contributed by atoms with E-state index in [1.807, 2.05) is 42.5 Å². The molecular weight excluding hydrogens is 248 g/mol. The van der Waals surface area contributed by atoms with Crippen LogP contribution in [0.5, 0.6) is 0 Å². The van der Waals surface area contributed by atoms with Crippen LogP contribution < -0.4 is 10.6 Å². The van der Waals surface area contributed by atoms with Gasteiger partial charge in [0.2, 0.25) is 0 Å². The molecule has 2 N–H and O–H groups in total. The minimum atomic E-state index is -0.543. The zero-order valence-corrected chi connectivity index (χ0v) is 10.2. The second-order valence-corrected chi connectivity index (χ2v) is 5.06. The van der Waals surface area contributed by atoms with E-state index in [9.17, 15) is 9.59 Å². The number of rotatable bonds is 2. The molecule has 2 aromatic rings. The highest BCUT2D eigenvalue weighted by Gasteiger charge is 2.31. The van der Waals surface area contributed by atoms with Gasteiger partial charge < -0.3 is 5.32 Å². The molecule has 1 unspecified atom stereocenters. The zero-order valence-electron chi connectivity index (χ0n) is 9.34. The molecule has 0 aliphatic carbocycles. The van der Waals surface area contributed by atoms with Gasteiger partial charge in [-0.2, -0.15) is 0 Å². The van der Waals surface area contributed by atoms with Crippen molar-refractivity contribution in [3.8, 4) is 0 Å². The lowest BCUT2D eigenvalue weighted by Gasteiger charge is -2.10. The number of carbonyl (C=O) groups is 2. The van der Waals surface area contributed by atoms with Crippen molar-refractivity contribution in [3.05, 3.63) is 42.5 Å². The Hall–Kier alpha value is -2.01. The Morgan fingerprint density at radius 2 is 1.83 bits per heavy atom. The molecule has 0 saturated carbocycles. The molecule has 18 heavy (non-hydrogen) atoms. The standard InChI is InChI=1S/C13H10N2O2S/c16-11-12(18-13(17)15-11)14-10-6-5-8-3-1-2-4-9(8)7-10/h1-7,12,14H,(H,15,16,17). The summed E-state index contributed by atoms with van der Waals surface area (Å²) in [6.07, 6.45) is 0. The average molecular weight is 258 g/mol. The van der Waals surface area contributed by atoms with E-state index in [1.165, 1.54) is 0 Å². The molecule has 1 heterocycles. The van der Waals surface area contributed by atoms with E-state index in [4.69, 9.17) is 0 Å². The van der Waals surface area contributed by atoms with Crippen molar-refractivity contribution in [1.82, 2.24) is 5.32 Å². The summed E-state index contributed by atoms with van der Waals surface area (Å²) >= 11 is 0.963. The van der Waals surface area contributed by atoms with Crippen LogP contribution in [0.2, 0.25) is 0 Å². The molecule has 90 valence electrons. The summed E-state index contributed by atoms with van der Waals surface area (Å²) < 4.78 is 0. The number of imide groups is 1. The van der Waals surface area contributed by atoms with E-state index in [0.29, 0.717) is 0 Å². The van der Waals surface area contributed by atoms with Crippen molar-refractivity contribution in [2.45, 2.75) is 5.37 Å². The van der Waals surface area contributed by atoms with Crippen LogP contribution >= 0.6 is 11.8 Å². The highest BCUT2D eigenvalue weighted by molar-refractivity contribution is 8.15. The van der Waals surface area contributed by atoms with Gasteiger partial charge in [0.15, 0.2) is 5.37 Å². The van der Waals surface area contributed by atoms with Crippen molar-refractivity contribution < 1.29 is 9.59 Å². The van der Waals surface area contributed by atoms with Gasteiger partial charge in [0.05, 0.1) is 0 Å². The largest absolute Gasteiger partial charge is 0.365 e. The minimum Gasteiger partial charge on any atom is -0.365 e. The molecule has 4 nitrogen and oxygen atoms in total. The van der Waals surface area contributed by atoms with Crippen molar-refractivity contribution in [1.29, 1.82) is 0 Å². The first-order valence-corrected chi connectivity index (χ1v) is 6.37. The van der Waals surface area contributed by atoms with Crippen LogP contribution in [0.1, 0.15) is 0 Å². The summed E-state index contributed by atoms with van der Waals surface area (Å²) in [5.74, 6) is -0.293. The monoisotopic (exact) mass is 258 g/mol. The SMILES string of the molecule is O=C1NC(=O)C(Nc2ccc3ccccc3c2)S1. The second-order valence-electron chi connectivity index (χ2n) is 3.98. The Labute approximate surface area is 108 Å². The lowest BCUT2D eigenvalue weighted by Crippen LogP contribution is -2.29. The summed E-state index contributed by atoms with van der Waals surface area (Å²) in [7, 11) is 0. The molecule has 1 aliphatic heterocycles. The van der Waals surface area contributed by atoms with E-state index in [2.05, 4.69) is 10.6 Å². The second kappa shape index (κ2) is 4.34. The molecular formula is C13H10N2O2S. The Balaban J connectivity index is 1.87. The van der Waals surface area contributed by atoms with Crippen molar-refractivity contribution in [3.63, 3.8) is 0 Å². The van der Waals surface area contributed by atoms with E-state index in [1.54, 1.807) is 0 Å². The average Bonchev–Trinajstić information content (AvgIpc) is 2.68. The Kier molecular flexibility index (Phi) is 2.68. The molecule has 1 fully saturated rings. The molecule has 1 atom stereocenters. The maximum absolute atomic E-state index is 11.4. The van der Waals surface area contributed by atoms with Gasteiger partial charge in [0, 0.05) is 5.69 Å². The van der Waals surface area contributed by atoms with Crippen molar-refractivity contribution >= 4 is 39.4 Å². The maximum atomic E-state index is 11.4. The number of thioether (sulfide) groups is 1. The lowest BCUT2D eigenvalue weighted by molar-refractivity contribution is -0.118. The third-order valence-corrected chi connectivity index (χ3v) is 3.62. The fraction of sp³-hybridized carbons (Fsp3) is 0.0769. The Bertz CT molecular complexity index is 642. The fourth-order valence-electron chi connectivity index (χ4n) is 1.88. The molecule has 5 heteroatoms. The van der Waals surface area contributed by atoms with E-state index in [-0.39, 0.29) is 11.1 Å². The van der Waals surface area contributed by atoms with Gasteiger partial charge in [-0.3, -0.25) is 14.9 Å². The predicted molar refractivity (Wildman–Crippen MR) is 72.5 cm³/mol. The van der Waals surface area contributed by atoms with Crippen LogP contribution in [0.3, 0.4) is 0 Å². The predicted octanol–water partition coefficient (Wildman–Crippen LogP) is 2.56. The van der Waals surface area contributed by atoms with Gasteiger partial charge in [0.1, 0.15) is 0 Å². The van der Waals surface area contributed by atoms with Crippen LogP contribution in [0.15, 0.2) is 42.5 Å². The fourth-order valence-corrected chi connectivity index (χ4v) is 2.62. The van der Waals surface area contributed by atoms with Gasteiger partial charge in [-0.25, -0.2) is 0 Å². The molecule has 1 aliphatic rings. The van der Waals surface area contributed by atoms with Crippen molar-refractivity contribution in [2.24, 2.45) is 0 Å². The number of anilines is 1. The first-order valence-electron chi connectivity index (χ1n) is 5.49. The van der Waals surface area contributed by atoms with Gasteiger partial charge in [-0.1, -0.05) is 30.3 Å². The summed E-state index contributed by atoms with van der Waals surface area (Å²) in [5, 5.41) is 6.68. The molecule has 3 rings (SSSR count). The smallest absolute Gasteiger partial charge is 0.288 e. The summed E-state index contributed by atoms with van der Waals surface area (Å²) in [6, 6.07) is 13.8. The lowest BCUT2D eigenvalue weighted by atomic mass is 10.1. The first kappa shape index (κ1) is 11.1. The molecule has 0 spiro atoms. The third-order valence-electron chi connectivity index (χ3n) is 2.74. The van der Waals surface area contributed by atoms with Crippen LogP contribution in [0.25, 0.3) is 10.8 Å². The normalized spacial score (nSPS) is 19.0. The zero-order chi connectivity index (χ0) is 12.5. The number of carbonyl (C=O) groups excluding carboxylic acids is 2. The van der Waals surface area contributed by atoms with Gasteiger partial charge in [-0.05, 0) is 34.7 Å². The van der Waals surface area contributed by atoms with Gasteiger partial charge in [-0.15, -0.1) is 0 Å². The van der Waals surface area contributed by atoms with Crippen LogP contribution in [0.4, 0.5) is 10.5 Å². The molecule has 0 bridgehead atoms. The number of amides is 2. The molecule has 0 aromatic heterocycles. The van der Waals surface area contributed by atoms with Crippen LogP contribution in [-0.2, 0) is 4.79 Å². The molecule has 1 saturated heterocycles. The van der Waals surface area contributed by atoms with Crippen molar-refractivity contribution in [2.75, 3.05) is 5.32 Å². The summed E-state index contributed by atoms with van der Waals surface area (Å²) in [5.41, 5.74) is 0.830. The molecule has 2 aromatic carbocycles. The summed E-state index contributed by atoms with van der Waals surface area (Å²) in [4.78, 5) is 22.5. The number of fused-ring (bicyclic) bond motifs is 1. The summed E-state index contributed by atoms with van der Waals surface area (Å²) in [6.45, 7) is 0. The first-order chi connectivity index (χ1) is 8.72. The Morgan fingerprint density at radius 1 is 1.06 bits per heavy atom. The van der Waals surface area contributed by atoms with E-state index < -0.39 is 5.37 Å². The minimum absolute atomic E-state index is 0.293. The molecule has 2 amide bonds. The number of hydrogen-bond donors (Lipinski definition) is 2. The maximum Gasteiger partial charge on any atom is 0.288 e. The third kappa shape index (κ3) is 2.04. The van der Waals surface area contributed by atoms with E-state index >= 15 is 0 Å². The number of benzene rings is 2. The Morgan fingerprint density at radius 3 is 2.56 bits per heavy atom. The van der Waals surface area contributed by atoms with Gasteiger partial charge in [0.25, 0.3) is 11.1 Å². The highest BCUT2D eigenvalue weighted by atomic mass is 32.2. The molecule has 0 radical (unpaired) electrons. The van der Waals surface area contributed by atoms with Crippen LogP contribution in [-0.4, -0.2) is 16.5 Å². The van der Waals surface area contributed by atoms with Crippen LogP contribution in [0, 0.1) is 0 Å². The number of hydrogen-bond acceptors (Lipinski definition) is 4. The topological polar surface area (TPSA) is 58.2 Å². The highest BCUT2D eigenvalue weighted by Crippen LogP contribution is 2.24.